The van der Waals surface area contributed by atoms with Gasteiger partial charge in [-0.1, -0.05) is 6.07 Å². The van der Waals surface area contributed by atoms with Gasteiger partial charge >= 0.3 is 6.03 Å². The molecular formula is C20H25Cl2N5O2. The lowest BCUT2D eigenvalue weighted by Gasteiger charge is -2.24. The molecular weight excluding hydrogens is 413 g/mol. The fourth-order valence-corrected chi connectivity index (χ4v) is 3.44. The number of aromatic nitrogens is 2. The molecule has 1 aliphatic heterocycles. The highest BCUT2D eigenvalue weighted by atomic mass is 35.5. The number of pyridine rings is 2. The van der Waals surface area contributed by atoms with Gasteiger partial charge in [-0.15, -0.1) is 24.8 Å². The van der Waals surface area contributed by atoms with E-state index in [0.717, 1.165) is 12.1 Å². The van der Waals surface area contributed by atoms with Gasteiger partial charge in [0.05, 0.1) is 5.56 Å². The van der Waals surface area contributed by atoms with Crippen molar-refractivity contribution in [2.45, 2.75) is 32.4 Å². The van der Waals surface area contributed by atoms with Gasteiger partial charge in [-0.3, -0.25) is 14.7 Å². The molecule has 1 aliphatic carbocycles. The van der Waals surface area contributed by atoms with Crippen LogP contribution in [0.2, 0.25) is 0 Å². The van der Waals surface area contributed by atoms with Crippen LogP contribution in [0.3, 0.4) is 0 Å². The van der Waals surface area contributed by atoms with Crippen LogP contribution < -0.4 is 10.2 Å². The Balaban J connectivity index is 0.00000150. The maximum absolute atomic E-state index is 12.7. The molecule has 3 heterocycles. The van der Waals surface area contributed by atoms with Gasteiger partial charge in [0.1, 0.15) is 5.82 Å². The topological polar surface area (TPSA) is 78.4 Å². The number of hydrogen-bond acceptors (Lipinski definition) is 4. The van der Waals surface area contributed by atoms with Gasteiger partial charge < -0.3 is 10.2 Å². The standard InChI is InChI=1S/C20H23N5O2.2ClH/c1-14(16-5-6-16)24-9-10-25(20(24)27)18-7-4-15(11-22-18)12-23-19(26)17-3-2-8-21-13-17;;/h2-4,7-8,11,13-14,16H,5-6,9-10,12H2,1H3,(H,23,26);2*1H/t14-;;/m0../s1. The largest absolute Gasteiger partial charge is 0.348 e. The minimum absolute atomic E-state index is 0. The van der Waals surface area contributed by atoms with Crippen LogP contribution in [-0.4, -0.2) is 45.9 Å². The number of anilines is 1. The molecule has 4 rings (SSSR count). The van der Waals surface area contributed by atoms with E-state index in [1.54, 1.807) is 29.4 Å². The summed E-state index contributed by atoms with van der Waals surface area (Å²) in [6, 6.07) is 7.54. The monoisotopic (exact) mass is 437 g/mol. The Hall–Kier alpha value is -2.38. The summed E-state index contributed by atoms with van der Waals surface area (Å²) in [6.07, 6.45) is 7.32. The van der Waals surface area contributed by atoms with Gasteiger partial charge in [-0.25, -0.2) is 9.78 Å². The fourth-order valence-electron chi connectivity index (χ4n) is 3.44. The molecule has 0 radical (unpaired) electrons. The summed E-state index contributed by atoms with van der Waals surface area (Å²) >= 11 is 0. The maximum Gasteiger partial charge on any atom is 0.326 e. The first-order valence-corrected chi connectivity index (χ1v) is 9.35. The fraction of sp³-hybridized carbons (Fsp3) is 0.400. The van der Waals surface area contributed by atoms with Crippen LogP contribution in [0.1, 0.15) is 35.7 Å². The second-order valence-corrected chi connectivity index (χ2v) is 7.15. The SMILES string of the molecule is C[C@@H](C1CC1)N1CCN(c2ccc(CNC(=O)c3cccnc3)cn2)C1=O.Cl.Cl. The van der Waals surface area contributed by atoms with Gasteiger partial charge in [-0.2, -0.15) is 0 Å². The van der Waals surface area contributed by atoms with E-state index in [-0.39, 0.29) is 36.8 Å². The summed E-state index contributed by atoms with van der Waals surface area (Å²) in [5, 5.41) is 2.85. The first-order chi connectivity index (χ1) is 13.1. The van der Waals surface area contributed by atoms with Crippen molar-refractivity contribution < 1.29 is 9.59 Å². The second kappa shape index (κ2) is 9.89. The van der Waals surface area contributed by atoms with Crippen LogP contribution in [-0.2, 0) is 6.54 Å². The quantitative estimate of drug-likeness (QED) is 0.751. The number of halogens is 2. The van der Waals surface area contributed by atoms with E-state index < -0.39 is 0 Å². The molecule has 0 aromatic carbocycles. The number of urea groups is 1. The van der Waals surface area contributed by atoms with Crippen molar-refractivity contribution in [3.05, 3.63) is 54.0 Å². The van der Waals surface area contributed by atoms with E-state index in [4.69, 9.17) is 0 Å². The number of nitrogens with zero attached hydrogens (tertiary/aromatic N) is 4. The minimum Gasteiger partial charge on any atom is -0.348 e. The molecule has 2 aliphatic rings. The molecule has 1 atom stereocenters. The van der Waals surface area contributed by atoms with Crippen LogP contribution in [0.25, 0.3) is 0 Å². The molecule has 0 spiro atoms. The van der Waals surface area contributed by atoms with E-state index in [1.165, 1.54) is 19.0 Å². The lowest BCUT2D eigenvalue weighted by molar-refractivity contribution is 0.0950. The predicted octanol–water partition coefficient (Wildman–Crippen LogP) is 3.29. The normalized spacial score (nSPS) is 16.7. The summed E-state index contributed by atoms with van der Waals surface area (Å²) in [6.45, 7) is 3.93. The highest BCUT2D eigenvalue weighted by molar-refractivity contribution is 5.94. The Labute approximate surface area is 182 Å². The van der Waals surface area contributed by atoms with E-state index in [1.807, 2.05) is 17.0 Å². The first kappa shape index (κ1) is 22.9. The van der Waals surface area contributed by atoms with Crippen molar-refractivity contribution >= 4 is 42.6 Å². The third kappa shape index (κ3) is 5.16. The van der Waals surface area contributed by atoms with Crippen molar-refractivity contribution in [3.8, 4) is 0 Å². The summed E-state index contributed by atoms with van der Waals surface area (Å²) in [7, 11) is 0. The molecule has 2 aromatic rings. The molecule has 7 nitrogen and oxygen atoms in total. The van der Waals surface area contributed by atoms with Gasteiger partial charge in [0.2, 0.25) is 0 Å². The number of hydrogen-bond donors (Lipinski definition) is 1. The Morgan fingerprint density at radius 2 is 2.00 bits per heavy atom. The Bertz CT molecular complexity index is 831. The Morgan fingerprint density at radius 1 is 1.21 bits per heavy atom. The molecule has 3 amide bonds. The first-order valence-electron chi connectivity index (χ1n) is 9.35. The third-order valence-corrected chi connectivity index (χ3v) is 5.30. The van der Waals surface area contributed by atoms with E-state index in [2.05, 4.69) is 22.2 Å². The average Bonchev–Trinajstić information content (AvgIpc) is 3.49. The molecule has 9 heteroatoms. The summed E-state index contributed by atoms with van der Waals surface area (Å²) in [5.41, 5.74) is 1.40. The van der Waals surface area contributed by atoms with Crippen LogP contribution in [0.4, 0.5) is 10.6 Å². The van der Waals surface area contributed by atoms with E-state index in [0.29, 0.717) is 36.4 Å². The van der Waals surface area contributed by atoms with Crippen LogP contribution in [0, 0.1) is 5.92 Å². The Morgan fingerprint density at radius 3 is 2.62 bits per heavy atom. The highest BCUT2D eigenvalue weighted by Gasteiger charge is 2.39. The van der Waals surface area contributed by atoms with Crippen molar-refractivity contribution in [3.63, 3.8) is 0 Å². The van der Waals surface area contributed by atoms with Crippen LogP contribution in [0.5, 0.6) is 0 Å². The maximum atomic E-state index is 12.7. The summed E-state index contributed by atoms with van der Waals surface area (Å²) < 4.78 is 0. The molecule has 1 saturated carbocycles. The van der Waals surface area contributed by atoms with Crippen LogP contribution in [0.15, 0.2) is 42.9 Å². The zero-order chi connectivity index (χ0) is 18.8. The molecule has 2 fully saturated rings. The summed E-state index contributed by atoms with van der Waals surface area (Å²) in [5.74, 6) is 1.15. The Kier molecular flexibility index (Phi) is 7.81. The lowest BCUT2D eigenvalue weighted by atomic mass is 10.2. The number of carbonyl (C=O) groups excluding carboxylic acids is 2. The molecule has 156 valence electrons. The second-order valence-electron chi connectivity index (χ2n) is 7.15. The summed E-state index contributed by atoms with van der Waals surface area (Å²) in [4.78, 5) is 36.8. The minimum atomic E-state index is -0.174. The van der Waals surface area contributed by atoms with Gasteiger partial charge in [-0.05, 0) is 49.4 Å². The molecule has 29 heavy (non-hydrogen) atoms. The van der Waals surface area contributed by atoms with Crippen molar-refractivity contribution in [2.75, 3.05) is 18.0 Å². The van der Waals surface area contributed by atoms with Crippen molar-refractivity contribution in [1.82, 2.24) is 20.2 Å². The number of rotatable bonds is 6. The third-order valence-electron chi connectivity index (χ3n) is 5.30. The molecule has 0 unspecified atom stereocenters. The van der Waals surface area contributed by atoms with Crippen LogP contribution >= 0.6 is 24.8 Å². The average molecular weight is 438 g/mol. The van der Waals surface area contributed by atoms with E-state index >= 15 is 0 Å². The number of nitrogens with one attached hydrogen (secondary N) is 1. The van der Waals surface area contributed by atoms with Crippen molar-refractivity contribution in [2.24, 2.45) is 5.92 Å². The van der Waals surface area contributed by atoms with Gasteiger partial charge in [0.25, 0.3) is 5.91 Å². The molecule has 2 aromatic heterocycles. The highest BCUT2D eigenvalue weighted by Crippen LogP contribution is 2.36. The zero-order valence-electron chi connectivity index (χ0n) is 16.2. The van der Waals surface area contributed by atoms with Gasteiger partial charge in [0.15, 0.2) is 0 Å². The van der Waals surface area contributed by atoms with Crippen molar-refractivity contribution in [1.29, 1.82) is 0 Å². The number of carbonyl (C=O) groups is 2. The molecule has 0 bridgehead atoms. The number of amides is 3. The zero-order valence-corrected chi connectivity index (χ0v) is 17.8. The molecule has 1 N–H and O–H groups in total. The molecule has 1 saturated heterocycles. The smallest absolute Gasteiger partial charge is 0.326 e. The lowest BCUT2D eigenvalue weighted by Crippen LogP contribution is -2.39. The van der Waals surface area contributed by atoms with Gasteiger partial charge in [0, 0.05) is 44.3 Å². The van der Waals surface area contributed by atoms with E-state index in [9.17, 15) is 9.59 Å². The predicted molar refractivity (Wildman–Crippen MR) is 116 cm³/mol.